The van der Waals surface area contributed by atoms with Crippen LogP contribution in [0.25, 0.3) is 6.08 Å². The van der Waals surface area contributed by atoms with Crippen LogP contribution in [0.1, 0.15) is 51.0 Å². The molecule has 0 N–H and O–H groups in total. The van der Waals surface area contributed by atoms with Gasteiger partial charge in [-0.25, -0.2) is 0 Å². The number of benzene rings is 1. The minimum Gasteiger partial charge on any atom is -0.427 e. The Balaban J connectivity index is 2.24. The summed E-state index contributed by atoms with van der Waals surface area (Å²) in [4.78, 5) is 11.6. The SMILES string of the molecule is C=Cc1ccc(OC(=O)CCCCCCC)cc1. The summed E-state index contributed by atoms with van der Waals surface area (Å²) in [6.07, 6.45) is 7.98. The van der Waals surface area contributed by atoms with E-state index in [-0.39, 0.29) is 5.97 Å². The smallest absolute Gasteiger partial charge is 0.311 e. The fourth-order valence-corrected chi connectivity index (χ4v) is 1.73. The molecule has 1 aromatic rings. The average molecular weight is 246 g/mol. The van der Waals surface area contributed by atoms with Crippen molar-refractivity contribution in [2.75, 3.05) is 0 Å². The molecule has 98 valence electrons. The lowest BCUT2D eigenvalue weighted by Crippen LogP contribution is -2.07. The van der Waals surface area contributed by atoms with E-state index in [2.05, 4.69) is 13.5 Å². The maximum absolute atomic E-state index is 11.6. The van der Waals surface area contributed by atoms with Gasteiger partial charge in [-0.05, 0) is 24.1 Å². The molecule has 1 aromatic carbocycles. The fourth-order valence-electron chi connectivity index (χ4n) is 1.73. The van der Waals surface area contributed by atoms with Gasteiger partial charge in [-0.1, -0.05) is 57.4 Å². The highest BCUT2D eigenvalue weighted by Gasteiger charge is 2.04. The van der Waals surface area contributed by atoms with Crippen LogP contribution in [-0.4, -0.2) is 5.97 Å². The summed E-state index contributed by atoms with van der Waals surface area (Å²) in [6, 6.07) is 7.37. The number of ether oxygens (including phenoxy) is 1. The molecular formula is C16H22O2. The van der Waals surface area contributed by atoms with E-state index in [1.54, 1.807) is 18.2 Å². The molecule has 0 amide bonds. The topological polar surface area (TPSA) is 26.3 Å². The summed E-state index contributed by atoms with van der Waals surface area (Å²) in [5.41, 5.74) is 1.02. The Morgan fingerprint density at radius 1 is 1.17 bits per heavy atom. The van der Waals surface area contributed by atoms with E-state index >= 15 is 0 Å². The lowest BCUT2D eigenvalue weighted by atomic mass is 10.1. The summed E-state index contributed by atoms with van der Waals surface area (Å²) in [5, 5.41) is 0. The summed E-state index contributed by atoms with van der Waals surface area (Å²) >= 11 is 0. The van der Waals surface area contributed by atoms with Gasteiger partial charge in [0.25, 0.3) is 0 Å². The van der Waals surface area contributed by atoms with Crippen LogP contribution in [0.2, 0.25) is 0 Å². The Bertz CT molecular complexity index is 365. The predicted molar refractivity (Wildman–Crippen MR) is 75.5 cm³/mol. The number of carbonyl (C=O) groups is 1. The number of unbranched alkanes of at least 4 members (excludes halogenated alkanes) is 4. The molecule has 0 fully saturated rings. The standard InChI is InChI=1S/C16H22O2/c1-3-5-6-7-8-9-16(17)18-15-12-10-14(4-2)11-13-15/h4,10-13H,2-3,5-9H2,1H3. The van der Waals surface area contributed by atoms with E-state index in [1.165, 1.54) is 19.3 Å². The minimum atomic E-state index is -0.141. The second-order valence-electron chi connectivity index (χ2n) is 4.41. The minimum absolute atomic E-state index is 0.141. The van der Waals surface area contributed by atoms with Gasteiger partial charge in [0.05, 0.1) is 0 Å². The summed E-state index contributed by atoms with van der Waals surface area (Å²) in [6.45, 7) is 5.86. The first-order valence-corrected chi connectivity index (χ1v) is 6.69. The molecule has 0 heterocycles. The highest BCUT2D eigenvalue weighted by Crippen LogP contribution is 2.14. The molecule has 2 heteroatoms. The highest BCUT2D eigenvalue weighted by molar-refractivity contribution is 5.72. The maximum Gasteiger partial charge on any atom is 0.311 e. The average Bonchev–Trinajstić information content (AvgIpc) is 2.39. The van der Waals surface area contributed by atoms with E-state index in [9.17, 15) is 4.79 Å². The molecule has 0 unspecified atom stereocenters. The van der Waals surface area contributed by atoms with Gasteiger partial charge in [-0.3, -0.25) is 4.79 Å². The zero-order valence-electron chi connectivity index (χ0n) is 11.2. The van der Waals surface area contributed by atoms with Gasteiger partial charge in [0.1, 0.15) is 5.75 Å². The van der Waals surface area contributed by atoms with Crippen molar-refractivity contribution in [3.8, 4) is 5.75 Å². The predicted octanol–water partition coefficient (Wildman–Crippen LogP) is 4.60. The largest absolute Gasteiger partial charge is 0.427 e. The summed E-state index contributed by atoms with van der Waals surface area (Å²) < 4.78 is 5.25. The van der Waals surface area contributed by atoms with E-state index in [0.29, 0.717) is 12.2 Å². The Hall–Kier alpha value is -1.57. The van der Waals surface area contributed by atoms with Crippen molar-refractivity contribution < 1.29 is 9.53 Å². The van der Waals surface area contributed by atoms with Gasteiger partial charge in [0, 0.05) is 6.42 Å². The molecular weight excluding hydrogens is 224 g/mol. The number of hydrogen-bond acceptors (Lipinski definition) is 2. The molecule has 0 aliphatic carbocycles. The van der Waals surface area contributed by atoms with Gasteiger partial charge in [-0.2, -0.15) is 0 Å². The molecule has 0 bridgehead atoms. The third-order valence-electron chi connectivity index (χ3n) is 2.83. The van der Waals surface area contributed by atoms with Crippen molar-refractivity contribution in [1.82, 2.24) is 0 Å². The molecule has 0 saturated heterocycles. The van der Waals surface area contributed by atoms with Crippen molar-refractivity contribution in [3.05, 3.63) is 36.4 Å². The molecule has 0 aliphatic rings. The van der Waals surface area contributed by atoms with E-state index in [4.69, 9.17) is 4.74 Å². The quantitative estimate of drug-likeness (QED) is 0.381. The van der Waals surface area contributed by atoms with Gasteiger partial charge >= 0.3 is 5.97 Å². The first-order chi connectivity index (χ1) is 8.76. The van der Waals surface area contributed by atoms with Crippen LogP contribution >= 0.6 is 0 Å². The van der Waals surface area contributed by atoms with Gasteiger partial charge in [-0.15, -0.1) is 0 Å². The Labute approximate surface area is 110 Å². The van der Waals surface area contributed by atoms with Gasteiger partial charge < -0.3 is 4.74 Å². The summed E-state index contributed by atoms with van der Waals surface area (Å²) in [7, 11) is 0. The second-order valence-corrected chi connectivity index (χ2v) is 4.41. The van der Waals surface area contributed by atoms with Gasteiger partial charge in [0.2, 0.25) is 0 Å². The Morgan fingerprint density at radius 3 is 2.44 bits per heavy atom. The van der Waals surface area contributed by atoms with E-state index in [0.717, 1.165) is 18.4 Å². The zero-order valence-corrected chi connectivity index (χ0v) is 11.2. The Morgan fingerprint density at radius 2 is 1.83 bits per heavy atom. The van der Waals surface area contributed by atoms with E-state index < -0.39 is 0 Å². The van der Waals surface area contributed by atoms with Crippen LogP contribution in [0.5, 0.6) is 5.75 Å². The Kier molecular flexibility index (Phi) is 6.85. The molecule has 18 heavy (non-hydrogen) atoms. The second kappa shape index (κ2) is 8.51. The highest BCUT2D eigenvalue weighted by atomic mass is 16.5. The molecule has 0 spiro atoms. The molecule has 0 saturated carbocycles. The number of rotatable bonds is 8. The van der Waals surface area contributed by atoms with Crippen molar-refractivity contribution in [1.29, 1.82) is 0 Å². The lowest BCUT2D eigenvalue weighted by Gasteiger charge is -2.04. The third kappa shape index (κ3) is 5.67. The first kappa shape index (κ1) is 14.5. The third-order valence-corrected chi connectivity index (χ3v) is 2.83. The molecule has 0 aromatic heterocycles. The van der Waals surface area contributed by atoms with Crippen LogP contribution in [0, 0.1) is 0 Å². The van der Waals surface area contributed by atoms with Crippen LogP contribution < -0.4 is 4.74 Å². The fraction of sp³-hybridized carbons (Fsp3) is 0.438. The van der Waals surface area contributed by atoms with Crippen LogP contribution in [-0.2, 0) is 4.79 Å². The molecule has 0 aliphatic heterocycles. The van der Waals surface area contributed by atoms with E-state index in [1.807, 2.05) is 12.1 Å². The van der Waals surface area contributed by atoms with Crippen LogP contribution in [0.4, 0.5) is 0 Å². The number of carbonyl (C=O) groups excluding carboxylic acids is 1. The first-order valence-electron chi connectivity index (χ1n) is 6.69. The van der Waals surface area contributed by atoms with Crippen molar-refractivity contribution in [2.45, 2.75) is 45.4 Å². The molecule has 2 nitrogen and oxygen atoms in total. The normalized spacial score (nSPS) is 10.1. The monoisotopic (exact) mass is 246 g/mol. The van der Waals surface area contributed by atoms with Crippen LogP contribution in [0.15, 0.2) is 30.8 Å². The maximum atomic E-state index is 11.6. The summed E-state index contributed by atoms with van der Waals surface area (Å²) in [5.74, 6) is 0.469. The zero-order chi connectivity index (χ0) is 13.2. The number of hydrogen-bond donors (Lipinski definition) is 0. The molecule has 1 rings (SSSR count). The van der Waals surface area contributed by atoms with Crippen molar-refractivity contribution >= 4 is 12.0 Å². The van der Waals surface area contributed by atoms with Crippen LogP contribution in [0.3, 0.4) is 0 Å². The van der Waals surface area contributed by atoms with Crippen molar-refractivity contribution in [2.24, 2.45) is 0 Å². The van der Waals surface area contributed by atoms with Crippen molar-refractivity contribution in [3.63, 3.8) is 0 Å². The van der Waals surface area contributed by atoms with Gasteiger partial charge in [0.15, 0.2) is 0 Å². The molecule has 0 radical (unpaired) electrons. The number of esters is 1. The molecule has 0 atom stereocenters. The lowest BCUT2D eigenvalue weighted by molar-refractivity contribution is -0.134.